The average Bonchev–Trinajstić information content (AvgIpc) is 2.95. The summed E-state index contributed by atoms with van der Waals surface area (Å²) in [5.41, 5.74) is 1.55. The van der Waals surface area contributed by atoms with Gasteiger partial charge in [0, 0.05) is 35.5 Å². The number of carbonyl (C=O) groups excluding carboxylic acids is 3. The van der Waals surface area contributed by atoms with Crippen molar-refractivity contribution in [2.75, 3.05) is 0 Å². The molecule has 43 heavy (non-hydrogen) atoms. The van der Waals surface area contributed by atoms with E-state index in [2.05, 4.69) is 12.1 Å². The molecule has 0 heterocycles. The molecule has 0 N–H and O–H groups in total. The van der Waals surface area contributed by atoms with Crippen LogP contribution in [0.25, 0.3) is 0 Å². The van der Waals surface area contributed by atoms with Crippen molar-refractivity contribution >= 4 is 27.5 Å². The fourth-order valence-corrected chi connectivity index (χ4v) is 15.3. The normalized spacial score (nSPS) is 50.3. The van der Waals surface area contributed by atoms with E-state index < -0.39 is 20.9 Å². The molecule has 0 saturated heterocycles. The Labute approximate surface area is 253 Å². The molecule has 6 unspecified atom stereocenters. The third kappa shape index (κ3) is 3.40. The molecule has 0 amide bonds. The van der Waals surface area contributed by atoms with E-state index in [1.807, 2.05) is 0 Å². The predicted octanol–water partition coefficient (Wildman–Crippen LogP) is 5.53. The van der Waals surface area contributed by atoms with Crippen molar-refractivity contribution in [3.05, 3.63) is 28.8 Å². The van der Waals surface area contributed by atoms with Crippen LogP contribution in [0.4, 0.5) is 0 Å². The zero-order chi connectivity index (χ0) is 29.3. The Bertz CT molecular complexity index is 1510. The van der Waals surface area contributed by atoms with Gasteiger partial charge in [0.1, 0.15) is 27.5 Å². The third-order valence-electron chi connectivity index (χ3n) is 15.1. The van der Waals surface area contributed by atoms with Gasteiger partial charge in [-0.05, 0) is 147 Å². The standard InChI is InChI=1S/C36H42O6S/c37-30-21-1-18-2-22(30)13-34(9-18,12-21)27-7-28(35-10-19-3-23(14-35)31(38)24(4-19)15-35)33(43(40,41)42)29(8-27)36-11-20-5-25(16-36)32(39)26(6-20)17-36/h7-8,18-26H,1-6,9-17H2,(H,40,41,42)/p-1. The lowest BCUT2D eigenvalue weighted by Gasteiger charge is -2.59. The molecule has 0 aliphatic heterocycles. The number of hydrogen-bond donors (Lipinski definition) is 0. The van der Waals surface area contributed by atoms with Crippen LogP contribution in [0.1, 0.15) is 113 Å². The molecule has 12 fully saturated rings. The Morgan fingerprint density at radius 1 is 0.512 bits per heavy atom. The van der Waals surface area contributed by atoms with Crippen LogP contribution in [0.5, 0.6) is 0 Å². The molecule has 0 spiro atoms. The lowest BCUT2D eigenvalue weighted by Crippen LogP contribution is -2.56. The minimum Gasteiger partial charge on any atom is -0.744 e. The van der Waals surface area contributed by atoms with Crippen LogP contribution in [-0.2, 0) is 40.7 Å². The quantitative estimate of drug-likeness (QED) is 0.420. The first-order valence-electron chi connectivity index (χ1n) is 17.2. The second-order valence-corrected chi connectivity index (χ2v) is 18.8. The van der Waals surface area contributed by atoms with Crippen LogP contribution < -0.4 is 0 Å². The third-order valence-corrected chi connectivity index (χ3v) is 16.0. The van der Waals surface area contributed by atoms with E-state index in [0.717, 1.165) is 81.8 Å². The first-order valence-corrected chi connectivity index (χ1v) is 18.6. The van der Waals surface area contributed by atoms with Crippen LogP contribution in [0.3, 0.4) is 0 Å². The zero-order valence-electron chi connectivity index (χ0n) is 24.8. The van der Waals surface area contributed by atoms with Crippen molar-refractivity contribution in [3.8, 4) is 0 Å². The number of ketones is 3. The molecular weight excluding hydrogens is 560 g/mol. The summed E-state index contributed by atoms with van der Waals surface area (Å²) >= 11 is 0. The van der Waals surface area contributed by atoms with E-state index >= 15 is 0 Å². The lowest BCUT2D eigenvalue weighted by molar-refractivity contribution is -0.142. The minimum atomic E-state index is -4.83. The molecule has 6 atom stereocenters. The van der Waals surface area contributed by atoms with Crippen LogP contribution >= 0.6 is 0 Å². The zero-order valence-corrected chi connectivity index (χ0v) is 25.6. The summed E-state index contributed by atoms with van der Waals surface area (Å²) in [5, 5.41) is 0. The van der Waals surface area contributed by atoms with E-state index in [0.29, 0.717) is 60.8 Å². The molecule has 12 aliphatic carbocycles. The largest absolute Gasteiger partial charge is 0.744 e. The summed E-state index contributed by atoms with van der Waals surface area (Å²) in [6, 6.07) is 4.30. The van der Waals surface area contributed by atoms with Crippen LogP contribution in [0.2, 0.25) is 0 Å². The molecule has 1 aromatic carbocycles. The number of Topliss-reactive ketones (excluding diaryl/α,β-unsaturated/α-hetero) is 3. The Morgan fingerprint density at radius 2 is 0.814 bits per heavy atom. The fourth-order valence-electron chi connectivity index (χ4n) is 14.2. The molecule has 12 bridgehead atoms. The van der Waals surface area contributed by atoms with Crippen LogP contribution in [0, 0.1) is 53.3 Å². The van der Waals surface area contributed by atoms with Crippen molar-refractivity contribution in [1.82, 2.24) is 0 Å². The molecule has 228 valence electrons. The highest BCUT2D eigenvalue weighted by Crippen LogP contribution is 2.66. The molecule has 7 heteroatoms. The summed E-state index contributed by atoms with van der Waals surface area (Å²) in [5.74, 6) is 2.53. The highest BCUT2D eigenvalue weighted by Gasteiger charge is 2.61. The summed E-state index contributed by atoms with van der Waals surface area (Å²) in [4.78, 5) is 39.7. The van der Waals surface area contributed by atoms with Crippen molar-refractivity contribution in [3.63, 3.8) is 0 Å². The Hall–Kier alpha value is -1.86. The maximum atomic E-state index is 13.7. The van der Waals surface area contributed by atoms with Gasteiger partial charge in [0.05, 0.1) is 4.90 Å². The van der Waals surface area contributed by atoms with E-state index in [1.54, 1.807) is 0 Å². The van der Waals surface area contributed by atoms with Crippen molar-refractivity contribution in [2.45, 2.75) is 117 Å². The second kappa shape index (κ2) is 8.10. The molecule has 1 aromatic rings. The molecule has 0 radical (unpaired) electrons. The number of benzene rings is 1. The van der Waals surface area contributed by atoms with Gasteiger partial charge in [0.2, 0.25) is 0 Å². The highest BCUT2D eigenvalue weighted by molar-refractivity contribution is 7.85. The predicted molar refractivity (Wildman–Crippen MR) is 155 cm³/mol. The van der Waals surface area contributed by atoms with Gasteiger partial charge in [0.15, 0.2) is 0 Å². The highest BCUT2D eigenvalue weighted by atomic mass is 32.2. The fraction of sp³-hybridized carbons (Fsp3) is 0.750. The van der Waals surface area contributed by atoms with Crippen molar-refractivity contribution in [1.29, 1.82) is 0 Å². The van der Waals surface area contributed by atoms with E-state index in [1.165, 1.54) is 5.56 Å². The molecule has 6 nitrogen and oxygen atoms in total. The maximum Gasteiger partial charge on any atom is 0.139 e. The molecule has 13 rings (SSSR count). The number of carbonyl (C=O) groups is 3. The number of rotatable bonds is 4. The van der Waals surface area contributed by atoms with Gasteiger partial charge in [0.25, 0.3) is 0 Å². The van der Waals surface area contributed by atoms with Gasteiger partial charge >= 0.3 is 0 Å². The molecule has 0 aromatic heterocycles. The van der Waals surface area contributed by atoms with Crippen LogP contribution in [0.15, 0.2) is 17.0 Å². The SMILES string of the molecule is O=C1C2CC3CC1CC(c1cc(C45CC6CC(C4)C(=O)C(C6)C5)c(S(=O)(=O)[O-])c(C45CC6CC(C4)C(=O)C(C6)C5)c1)(C3)C2. The minimum absolute atomic E-state index is 0.0286. The molecular formula is C36H41O6S-. The lowest BCUT2D eigenvalue weighted by atomic mass is 9.44. The van der Waals surface area contributed by atoms with Crippen molar-refractivity contribution in [2.24, 2.45) is 53.3 Å². The van der Waals surface area contributed by atoms with E-state index in [4.69, 9.17) is 0 Å². The van der Waals surface area contributed by atoms with E-state index in [9.17, 15) is 27.4 Å². The van der Waals surface area contributed by atoms with Gasteiger partial charge in [-0.1, -0.05) is 12.1 Å². The topological polar surface area (TPSA) is 108 Å². The Morgan fingerprint density at radius 3 is 1.14 bits per heavy atom. The van der Waals surface area contributed by atoms with Crippen molar-refractivity contribution < 1.29 is 27.4 Å². The maximum absolute atomic E-state index is 13.7. The molecule has 12 saturated carbocycles. The summed E-state index contributed by atoms with van der Waals surface area (Å²) < 4.78 is 41.0. The monoisotopic (exact) mass is 601 g/mol. The van der Waals surface area contributed by atoms with Gasteiger partial charge < -0.3 is 4.55 Å². The average molecular weight is 602 g/mol. The van der Waals surface area contributed by atoms with Gasteiger partial charge in [-0.3, -0.25) is 14.4 Å². The first-order chi connectivity index (χ1) is 20.4. The van der Waals surface area contributed by atoms with Crippen LogP contribution in [-0.4, -0.2) is 30.3 Å². The smallest absolute Gasteiger partial charge is 0.139 e. The summed E-state index contributed by atoms with van der Waals surface area (Å²) in [7, 11) is -4.83. The Balaban J connectivity index is 1.23. The van der Waals surface area contributed by atoms with E-state index in [-0.39, 0.29) is 45.8 Å². The summed E-state index contributed by atoms with van der Waals surface area (Å²) in [6.07, 6.45) is 12.6. The number of hydrogen-bond acceptors (Lipinski definition) is 6. The van der Waals surface area contributed by atoms with Gasteiger partial charge in [-0.2, -0.15) is 0 Å². The first kappa shape index (κ1) is 26.4. The molecule has 12 aliphatic rings. The van der Waals surface area contributed by atoms with Gasteiger partial charge in [-0.25, -0.2) is 8.42 Å². The summed E-state index contributed by atoms with van der Waals surface area (Å²) in [6.45, 7) is 0. The van der Waals surface area contributed by atoms with Gasteiger partial charge in [-0.15, -0.1) is 0 Å². The second-order valence-electron chi connectivity index (χ2n) is 17.4. The Kier molecular flexibility index (Phi) is 4.97.